The Hall–Kier alpha value is -1.13. The van der Waals surface area contributed by atoms with Gasteiger partial charge in [-0.1, -0.05) is 18.2 Å². The molecule has 0 atom stereocenters. The molecule has 0 bridgehead atoms. The zero-order valence-electron chi connectivity index (χ0n) is 9.61. The molecule has 0 saturated carbocycles. The van der Waals surface area contributed by atoms with Crippen LogP contribution in [0.3, 0.4) is 0 Å². The van der Waals surface area contributed by atoms with Gasteiger partial charge in [0.25, 0.3) is 0 Å². The molecular weight excluding hydrogens is 280 g/mol. The molecule has 2 aromatic rings. The Bertz CT molecular complexity index is 543. The van der Waals surface area contributed by atoms with Gasteiger partial charge in [0.2, 0.25) is 0 Å². The Kier molecular flexibility index (Phi) is 2.76. The van der Waals surface area contributed by atoms with Crippen LogP contribution >= 0.6 is 15.9 Å². The molecule has 0 saturated heterocycles. The number of benzene rings is 1. The van der Waals surface area contributed by atoms with Gasteiger partial charge in [-0.15, -0.1) is 0 Å². The standard InChI is InChI=1S/C13H13BrN2O/c1-16-13(12(14)7-15-16)10-4-2-3-9-5-6-17-8-11(9)10/h2-4,7H,5-6,8H2,1H3. The maximum absolute atomic E-state index is 5.57. The van der Waals surface area contributed by atoms with Crippen LogP contribution in [0.4, 0.5) is 0 Å². The molecule has 0 unspecified atom stereocenters. The van der Waals surface area contributed by atoms with E-state index in [1.165, 1.54) is 16.7 Å². The predicted molar refractivity (Wildman–Crippen MR) is 69.7 cm³/mol. The summed E-state index contributed by atoms with van der Waals surface area (Å²) in [5, 5.41) is 4.27. The van der Waals surface area contributed by atoms with Crippen molar-refractivity contribution in [1.82, 2.24) is 9.78 Å². The van der Waals surface area contributed by atoms with E-state index < -0.39 is 0 Å². The van der Waals surface area contributed by atoms with Crippen LogP contribution in [0.15, 0.2) is 28.9 Å². The third kappa shape index (κ3) is 1.81. The number of hydrogen-bond donors (Lipinski definition) is 0. The lowest BCUT2D eigenvalue weighted by Crippen LogP contribution is -2.11. The van der Waals surface area contributed by atoms with Crippen LogP contribution in [0.2, 0.25) is 0 Å². The number of fused-ring (bicyclic) bond motifs is 1. The molecule has 0 fully saturated rings. The average molecular weight is 293 g/mol. The average Bonchev–Trinajstić information content (AvgIpc) is 2.69. The largest absolute Gasteiger partial charge is 0.376 e. The maximum atomic E-state index is 5.57. The Morgan fingerprint density at radius 3 is 3.06 bits per heavy atom. The van der Waals surface area contributed by atoms with E-state index in [1.54, 1.807) is 0 Å². The van der Waals surface area contributed by atoms with Crippen molar-refractivity contribution in [2.75, 3.05) is 6.61 Å². The molecule has 0 radical (unpaired) electrons. The van der Waals surface area contributed by atoms with Gasteiger partial charge in [0, 0.05) is 12.6 Å². The first kappa shape index (κ1) is 11.0. The molecule has 1 aromatic carbocycles. The summed E-state index contributed by atoms with van der Waals surface area (Å²) < 4.78 is 8.49. The van der Waals surface area contributed by atoms with Crippen molar-refractivity contribution in [3.63, 3.8) is 0 Å². The van der Waals surface area contributed by atoms with E-state index in [2.05, 4.69) is 39.2 Å². The van der Waals surface area contributed by atoms with E-state index >= 15 is 0 Å². The fourth-order valence-electron chi connectivity index (χ4n) is 2.33. The Balaban J connectivity index is 2.21. The summed E-state index contributed by atoms with van der Waals surface area (Å²) in [5.74, 6) is 0. The van der Waals surface area contributed by atoms with E-state index in [9.17, 15) is 0 Å². The first-order valence-electron chi connectivity index (χ1n) is 5.64. The Labute approximate surface area is 109 Å². The van der Waals surface area contributed by atoms with E-state index in [0.29, 0.717) is 6.61 Å². The molecule has 0 amide bonds. The molecule has 2 heterocycles. The number of nitrogens with zero attached hydrogens (tertiary/aromatic N) is 2. The molecule has 1 aromatic heterocycles. The van der Waals surface area contributed by atoms with E-state index in [4.69, 9.17) is 4.74 Å². The van der Waals surface area contributed by atoms with Gasteiger partial charge in [0.05, 0.1) is 29.6 Å². The maximum Gasteiger partial charge on any atom is 0.0824 e. The van der Waals surface area contributed by atoms with Gasteiger partial charge in [-0.05, 0) is 33.5 Å². The third-order valence-corrected chi connectivity index (χ3v) is 3.76. The van der Waals surface area contributed by atoms with Gasteiger partial charge in [0.1, 0.15) is 0 Å². The van der Waals surface area contributed by atoms with Crippen LogP contribution in [-0.2, 0) is 24.8 Å². The van der Waals surface area contributed by atoms with Crippen molar-refractivity contribution in [3.05, 3.63) is 40.0 Å². The Morgan fingerprint density at radius 2 is 2.29 bits per heavy atom. The smallest absolute Gasteiger partial charge is 0.0824 e. The topological polar surface area (TPSA) is 27.1 Å². The van der Waals surface area contributed by atoms with Crippen molar-refractivity contribution in [2.45, 2.75) is 13.0 Å². The number of rotatable bonds is 1. The normalized spacial score (nSPS) is 14.7. The first-order valence-corrected chi connectivity index (χ1v) is 6.43. The second-order valence-corrected chi connectivity index (χ2v) is 5.06. The lowest BCUT2D eigenvalue weighted by molar-refractivity contribution is 0.111. The fourth-order valence-corrected chi connectivity index (χ4v) is 2.89. The van der Waals surface area contributed by atoms with E-state index in [-0.39, 0.29) is 0 Å². The van der Waals surface area contributed by atoms with Gasteiger partial charge < -0.3 is 4.74 Å². The van der Waals surface area contributed by atoms with Crippen molar-refractivity contribution in [2.24, 2.45) is 7.05 Å². The van der Waals surface area contributed by atoms with Crippen molar-refractivity contribution in [1.29, 1.82) is 0 Å². The third-order valence-electron chi connectivity index (χ3n) is 3.18. The molecule has 3 rings (SSSR count). The fraction of sp³-hybridized carbons (Fsp3) is 0.308. The minimum atomic E-state index is 0.698. The molecule has 0 aliphatic carbocycles. The van der Waals surface area contributed by atoms with E-state index in [1.807, 2.05) is 17.9 Å². The highest BCUT2D eigenvalue weighted by atomic mass is 79.9. The second-order valence-electron chi connectivity index (χ2n) is 4.21. The summed E-state index contributed by atoms with van der Waals surface area (Å²) in [5.41, 5.74) is 5.02. The van der Waals surface area contributed by atoms with Gasteiger partial charge in [-0.2, -0.15) is 5.10 Å². The highest BCUT2D eigenvalue weighted by Crippen LogP contribution is 2.33. The highest BCUT2D eigenvalue weighted by Gasteiger charge is 2.18. The van der Waals surface area contributed by atoms with Crippen LogP contribution in [0.25, 0.3) is 11.3 Å². The minimum absolute atomic E-state index is 0.698. The van der Waals surface area contributed by atoms with Crippen molar-refractivity contribution in [3.8, 4) is 11.3 Å². The molecule has 0 N–H and O–H groups in total. The number of hydrogen-bond acceptors (Lipinski definition) is 2. The molecule has 17 heavy (non-hydrogen) atoms. The van der Waals surface area contributed by atoms with Gasteiger partial charge in [-0.25, -0.2) is 0 Å². The summed E-state index contributed by atoms with van der Waals surface area (Å²) >= 11 is 3.56. The zero-order chi connectivity index (χ0) is 11.8. The van der Waals surface area contributed by atoms with Crippen LogP contribution in [-0.4, -0.2) is 16.4 Å². The monoisotopic (exact) mass is 292 g/mol. The number of ether oxygens (including phenoxy) is 1. The van der Waals surface area contributed by atoms with Gasteiger partial charge in [0.15, 0.2) is 0 Å². The molecule has 1 aliphatic rings. The van der Waals surface area contributed by atoms with Gasteiger partial charge in [-0.3, -0.25) is 4.68 Å². The minimum Gasteiger partial charge on any atom is -0.376 e. The van der Waals surface area contributed by atoms with Crippen LogP contribution in [0.5, 0.6) is 0 Å². The quantitative estimate of drug-likeness (QED) is 0.808. The van der Waals surface area contributed by atoms with Crippen molar-refractivity contribution >= 4 is 15.9 Å². The molecule has 1 aliphatic heterocycles. The molecule has 4 heteroatoms. The Morgan fingerprint density at radius 1 is 1.41 bits per heavy atom. The van der Waals surface area contributed by atoms with Crippen LogP contribution < -0.4 is 0 Å². The first-order chi connectivity index (χ1) is 8.27. The highest BCUT2D eigenvalue weighted by molar-refractivity contribution is 9.10. The van der Waals surface area contributed by atoms with Crippen LogP contribution in [0.1, 0.15) is 11.1 Å². The summed E-state index contributed by atoms with van der Waals surface area (Å²) in [6, 6.07) is 6.43. The summed E-state index contributed by atoms with van der Waals surface area (Å²) in [6.07, 6.45) is 2.83. The molecular formula is C13H13BrN2O. The SMILES string of the molecule is Cn1ncc(Br)c1-c1cccc2c1COCC2. The predicted octanol–water partition coefficient (Wildman–Crippen LogP) is 2.92. The number of aryl methyl sites for hydroxylation is 1. The van der Waals surface area contributed by atoms with Crippen LogP contribution in [0, 0.1) is 0 Å². The lowest BCUT2D eigenvalue weighted by atomic mass is 9.96. The number of aromatic nitrogens is 2. The zero-order valence-corrected chi connectivity index (χ0v) is 11.2. The summed E-state index contributed by atoms with van der Waals surface area (Å²) in [4.78, 5) is 0. The molecule has 3 nitrogen and oxygen atoms in total. The van der Waals surface area contributed by atoms with E-state index in [0.717, 1.165) is 23.2 Å². The summed E-state index contributed by atoms with van der Waals surface area (Å²) in [7, 11) is 1.96. The lowest BCUT2D eigenvalue weighted by Gasteiger charge is -2.20. The molecule has 0 spiro atoms. The number of halogens is 1. The van der Waals surface area contributed by atoms with Crippen molar-refractivity contribution < 1.29 is 4.74 Å². The summed E-state index contributed by atoms with van der Waals surface area (Å²) in [6.45, 7) is 1.52. The second kappa shape index (κ2) is 4.27. The molecule has 88 valence electrons. The van der Waals surface area contributed by atoms with Gasteiger partial charge >= 0.3 is 0 Å².